The molecule has 27 heavy (non-hydrogen) atoms. The Morgan fingerprint density at radius 3 is 2.33 bits per heavy atom. The number of amides is 1. The molecule has 0 aliphatic rings. The Morgan fingerprint density at radius 1 is 0.926 bits per heavy atom. The minimum Gasteiger partial charge on any atom is -0.340 e. The van der Waals surface area contributed by atoms with Gasteiger partial charge in [-0.3, -0.25) is 4.79 Å². The molecule has 1 aromatic heterocycles. The van der Waals surface area contributed by atoms with Crippen molar-refractivity contribution in [2.75, 3.05) is 10.6 Å². The predicted octanol–water partition coefficient (Wildman–Crippen LogP) is 4.63. The molecule has 3 aromatic rings. The van der Waals surface area contributed by atoms with Gasteiger partial charge in [0.05, 0.1) is 5.56 Å². The predicted molar refractivity (Wildman–Crippen MR) is 91.1 cm³/mol. The Labute approximate surface area is 151 Å². The van der Waals surface area contributed by atoms with E-state index in [1.165, 1.54) is 24.3 Å². The molecule has 5 nitrogen and oxygen atoms in total. The molecule has 0 aliphatic carbocycles. The maximum absolute atomic E-state index is 13.2. The van der Waals surface area contributed by atoms with Crippen LogP contribution in [0.1, 0.15) is 16.1 Å². The van der Waals surface area contributed by atoms with E-state index in [0.717, 1.165) is 30.6 Å². The Hall–Kier alpha value is -3.49. The lowest BCUT2D eigenvalue weighted by Crippen LogP contribution is -2.14. The van der Waals surface area contributed by atoms with Gasteiger partial charge in [-0.1, -0.05) is 6.07 Å². The van der Waals surface area contributed by atoms with Crippen LogP contribution in [0.2, 0.25) is 0 Å². The van der Waals surface area contributed by atoms with Gasteiger partial charge in [0.25, 0.3) is 5.91 Å². The zero-order valence-corrected chi connectivity index (χ0v) is 13.6. The van der Waals surface area contributed by atoms with Crippen molar-refractivity contribution in [3.63, 3.8) is 0 Å². The molecule has 0 bridgehead atoms. The fraction of sp³-hybridized carbons (Fsp3) is 0.0556. The number of hydrogen-bond donors (Lipinski definition) is 2. The normalized spacial score (nSPS) is 11.1. The first-order chi connectivity index (χ1) is 12.8. The highest BCUT2D eigenvalue weighted by molar-refractivity contribution is 6.03. The summed E-state index contributed by atoms with van der Waals surface area (Å²) in [6.45, 7) is 0. The fourth-order valence-corrected chi connectivity index (χ4v) is 2.20. The van der Waals surface area contributed by atoms with Crippen molar-refractivity contribution in [2.24, 2.45) is 0 Å². The number of nitrogens with zero attached hydrogens (tertiary/aromatic N) is 2. The van der Waals surface area contributed by atoms with E-state index in [4.69, 9.17) is 0 Å². The van der Waals surface area contributed by atoms with Gasteiger partial charge in [0.2, 0.25) is 0 Å². The summed E-state index contributed by atoms with van der Waals surface area (Å²) < 4.78 is 50.9. The maximum atomic E-state index is 13.2. The zero-order valence-electron chi connectivity index (χ0n) is 13.6. The summed E-state index contributed by atoms with van der Waals surface area (Å²) in [5.41, 5.74) is -0.207. The van der Waals surface area contributed by atoms with E-state index < -0.39 is 23.5 Å². The van der Waals surface area contributed by atoms with Crippen LogP contribution >= 0.6 is 0 Å². The van der Waals surface area contributed by atoms with E-state index in [0.29, 0.717) is 5.69 Å². The highest BCUT2D eigenvalue weighted by Gasteiger charge is 2.30. The second-order valence-electron chi connectivity index (χ2n) is 5.45. The van der Waals surface area contributed by atoms with Crippen LogP contribution < -0.4 is 10.6 Å². The van der Waals surface area contributed by atoms with Gasteiger partial charge in [-0.15, -0.1) is 0 Å². The molecule has 138 valence electrons. The number of halogens is 4. The lowest BCUT2D eigenvalue weighted by atomic mass is 10.2. The van der Waals surface area contributed by atoms with Crippen molar-refractivity contribution in [1.82, 2.24) is 9.97 Å². The summed E-state index contributed by atoms with van der Waals surface area (Å²) in [6.07, 6.45) is -3.31. The van der Waals surface area contributed by atoms with E-state index in [9.17, 15) is 22.4 Å². The number of aromatic nitrogens is 2. The van der Waals surface area contributed by atoms with Crippen molar-refractivity contribution in [3.8, 4) is 0 Å². The van der Waals surface area contributed by atoms with Gasteiger partial charge >= 0.3 is 6.18 Å². The van der Waals surface area contributed by atoms with E-state index in [1.807, 2.05) is 0 Å². The highest BCUT2D eigenvalue weighted by Crippen LogP contribution is 2.29. The van der Waals surface area contributed by atoms with E-state index in [-0.39, 0.29) is 17.2 Å². The Morgan fingerprint density at radius 2 is 1.67 bits per heavy atom. The van der Waals surface area contributed by atoms with Crippen molar-refractivity contribution in [3.05, 3.63) is 78.0 Å². The van der Waals surface area contributed by atoms with E-state index in [1.54, 1.807) is 6.07 Å². The van der Waals surface area contributed by atoms with Crippen LogP contribution in [0.5, 0.6) is 0 Å². The van der Waals surface area contributed by atoms with Crippen LogP contribution in [0.25, 0.3) is 0 Å². The average Bonchev–Trinajstić information content (AvgIpc) is 2.62. The number of carbonyl (C=O) groups is 1. The van der Waals surface area contributed by atoms with Crippen LogP contribution in [-0.4, -0.2) is 15.9 Å². The molecule has 3 rings (SSSR count). The van der Waals surface area contributed by atoms with Gasteiger partial charge in [-0.05, 0) is 42.5 Å². The molecule has 1 amide bonds. The molecule has 0 aliphatic heterocycles. The summed E-state index contributed by atoms with van der Waals surface area (Å²) in [5, 5.41) is 5.28. The molecule has 0 fully saturated rings. The van der Waals surface area contributed by atoms with Crippen LogP contribution in [0.15, 0.2) is 60.9 Å². The second kappa shape index (κ2) is 7.40. The molecule has 2 aromatic carbocycles. The minimum atomic E-state index is -4.45. The quantitative estimate of drug-likeness (QED) is 0.652. The molecule has 0 atom stereocenters. The van der Waals surface area contributed by atoms with Gasteiger partial charge in [-0.2, -0.15) is 13.2 Å². The Kier molecular flexibility index (Phi) is 5.02. The molecule has 2 N–H and O–H groups in total. The van der Waals surface area contributed by atoms with Crippen LogP contribution in [-0.2, 0) is 6.18 Å². The highest BCUT2D eigenvalue weighted by atomic mass is 19.4. The van der Waals surface area contributed by atoms with Crippen molar-refractivity contribution in [1.29, 1.82) is 0 Å². The zero-order chi connectivity index (χ0) is 19.4. The first kappa shape index (κ1) is 18.3. The van der Waals surface area contributed by atoms with Crippen molar-refractivity contribution >= 4 is 23.1 Å². The molecule has 0 saturated heterocycles. The van der Waals surface area contributed by atoms with E-state index in [2.05, 4.69) is 20.6 Å². The third kappa shape index (κ3) is 4.78. The number of nitrogens with one attached hydrogen (secondary N) is 2. The van der Waals surface area contributed by atoms with E-state index >= 15 is 0 Å². The van der Waals surface area contributed by atoms with Crippen molar-refractivity contribution in [2.45, 2.75) is 6.18 Å². The SMILES string of the molecule is O=C(Nc1ccc(C(F)(F)F)cc1)c1cc(Nc2cccc(F)c2)ncn1. The standard InChI is InChI=1S/C18H12F4N4O/c19-12-2-1-3-14(8-12)25-16-9-15(23-10-24-16)17(27)26-13-6-4-11(5-7-13)18(20,21)22/h1-10H,(H,26,27)(H,23,24,25). The van der Waals surface area contributed by atoms with Gasteiger partial charge < -0.3 is 10.6 Å². The number of carbonyl (C=O) groups excluding carboxylic acids is 1. The largest absolute Gasteiger partial charge is 0.416 e. The molecule has 0 saturated carbocycles. The third-order valence-corrected chi connectivity index (χ3v) is 3.47. The first-order valence-corrected chi connectivity index (χ1v) is 7.64. The number of rotatable bonds is 4. The molecule has 9 heteroatoms. The van der Waals surface area contributed by atoms with Gasteiger partial charge in [-0.25, -0.2) is 14.4 Å². The first-order valence-electron chi connectivity index (χ1n) is 7.64. The van der Waals surface area contributed by atoms with Gasteiger partial charge in [0, 0.05) is 17.4 Å². The van der Waals surface area contributed by atoms with Gasteiger partial charge in [0.15, 0.2) is 0 Å². The Balaban J connectivity index is 1.72. The fourth-order valence-electron chi connectivity index (χ4n) is 2.20. The molecular weight excluding hydrogens is 364 g/mol. The number of alkyl halides is 3. The van der Waals surface area contributed by atoms with Crippen LogP contribution in [0, 0.1) is 5.82 Å². The second-order valence-corrected chi connectivity index (χ2v) is 5.45. The monoisotopic (exact) mass is 376 g/mol. The topological polar surface area (TPSA) is 66.9 Å². The summed E-state index contributed by atoms with van der Waals surface area (Å²) in [5.74, 6) is -0.804. The van der Waals surface area contributed by atoms with Crippen LogP contribution in [0.4, 0.5) is 34.8 Å². The lowest BCUT2D eigenvalue weighted by molar-refractivity contribution is -0.137. The molecular formula is C18H12F4N4O. The smallest absolute Gasteiger partial charge is 0.340 e. The molecule has 0 unspecified atom stereocenters. The molecule has 1 heterocycles. The molecule has 0 radical (unpaired) electrons. The summed E-state index contributed by atoms with van der Waals surface area (Å²) in [4.78, 5) is 20.0. The Bertz CT molecular complexity index is 958. The van der Waals surface area contributed by atoms with Crippen LogP contribution in [0.3, 0.4) is 0 Å². The summed E-state index contributed by atoms with van der Waals surface area (Å²) >= 11 is 0. The third-order valence-electron chi connectivity index (χ3n) is 3.47. The number of benzene rings is 2. The minimum absolute atomic E-state index is 0.0104. The van der Waals surface area contributed by atoms with Crippen molar-refractivity contribution < 1.29 is 22.4 Å². The molecule has 0 spiro atoms. The summed E-state index contributed by atoms with van der Waals surface area (Å²) in [6, 6.07) is 11.0. The van der Waals surface area contributed by atoms with Gasteiger partial charge in [0.1, 0.15) is 23.7 Å². The lowest BCUT2D eigenvalue weighted by Gasteiger charge is -2.09. The maximum Gasteiger partial charge on any atom is 0.416 e. The number of anilines is 3. The average molecular weight is 376 g/mol. The number of hydrogen-bond acceptors (Lipinski definition) is 4. The summed E-state index contributed by atoms with van der Waals surface area (Å²) in [7, 11) is 0.